The van der Waals surface area contributed by atoms with Gasteiger partial charge in [-0.05, 0) is 13.3 Å². The van der Waals surface area contributed by atoms with Crippen LogP contribution in [0.15, 0.2) is 9.59 Å². The molecule has 0 amide bonds. The van der Waals surface area contributed by atoms with E-state index in [1.807, 2.05) is 6.92 Å². The van der Waals surface area contributed by atoms with Crippen molar-refractivity contribution in [3.05, 3.63) is 31.3 Å². The number of H-pyrrole nitrogens is 2. The summed E-state index contributed by atoms with van der Waals surface area (Å²) in [6, 6.07) is 0. The van der Waals surface area contributed by atoms with Crippen LogP contribution in [0.1, 0.15) is 19.2 Å². The van der Waals surface area contributed by atoms with Crippen LogP contribution in [0.3, 0.4) is 0 Å². The highest BCUT2D eigenvalue weighted by atomic mass is 32.1. The zero-order chi connectivity index (χ0) is 12.6. The Balaban J connectivity index is 3.05. The van der Waals surface area contributed by atoms with Gasteiger partial charge in [-0.3, -0.25) is 14.3 Å². The van der Waals surface area contributed by atoms with Gasteiger partial charge >= 0.3 is 5.69 Å². The van der Waals surface area contributed by atoms with Gasteiger partial charge in [0.05, 0.1) is 0 Å². The number of rotatable bonds is 2. The summed E-state index contributed by atoms with van der Waals surface area (Å²) in [6.07, 6.45) is 0.781. The molecule has 0 spiro atoms. The van der Waals surface area contributed by atoms with Crippen molar-refractivity contribution in [1.82, 2.24) is 19.5 Å². The molecule has 0 aliphatic heterocycles. The minimum Gasteiger partial charge on any atom is -0.329 e. The van der Waals surface area contributed by atoms with Crippen molar-refractivity contribution in [3.63, 3.8) is 0 Å². The van der Waals surface area contributed by atoms with Crippen LogP contribution < -0.4 is 11.2 Å². The average Bonchev–Trinajstić information content (AvgIpc) is 2.22. The van der Waals surface area contributed by atoms with Crippen LogP contribution in [0.4, 0.5) is 0 Å². The molecule has 17 heavy (non-hydrogen) atoms. The summed E-state index contributed by atoms with van der Waals surface area (Å²) in [5.41, 5.74) is -0.482. The Kier molecular flexibility index (Phi) is 2.93. The monoisotopic (exact) mass is 252 g/mol. The summed E-state index contributed by atoms with van der Waals surface area (Å²) in [5.74, 6) is 0.581. The maximum Gasteiger partial charge on any atom is 0.329 e. The quantitative estimate of drug-likeness (QED) is 0.776. The number of aromatic nitrogens is 4. The standard InChI is InChI=1S/C10H12N4O2S/c1-3-4-14-7-6(8(15)13-10(14)16)9(17)12-5(2)11-7/h3-4H2,1-2H3,(H,11,12,17)(H,13,15,16). The molecule has 2 heterocycles. The fraction of sp³-hybridized carbons (Fsp3) is 0.400. The van der Waals surface area contributed by atoms with Gasteiger partial charge in [0.25, 0.3) is 5.56 Å². The Bertz CT molecular complexity index is 741. The highest BCUT2D eigenvalue weighted by molar-refractivity contribution is 7.71. The first-order chi connectivity index (χ1) is 8.04. The van der Waals surface area contributed by atoms with Crippen molar-refractivity contribution in [2.45, 2.75) is 26.8 Å². The molecule has 0 bridgehead atoms. The van der Waals surface area contributed by atoms with Gasteiger partial charge in [0.2, 0.25) is 0 Å². The molecule has 6 nitrogen and oxygen atoms in total. The second kappa shape index (κ2) is 4.25. The van der Waals surface area contributed by atoms with Gasteiger partial charge in [-0.2, -0.15) is 0 Å². The molecule has 0 saturated heterocycles. The Hall–Kier alpha value is -1.76. The van der Waals surface area contributed by atoms with Gasteiger partial charge in [-0.1, -0.05) is 19.1 Å². The number of aromatic amines is 2. The zero-order valence-corrected chi connectivity index (χ0v) is 10.3. The van der Waals surface area contributed by atoms with Crippen LogP contribution in [-0.4, -0.2) is 19.5 Å². The van der Waals surface area contributed by atoms with Crippen LogP contribution in [0.5, 0.6) is 0 Å². The molecule has 2 aromatic rings. The second-order valence-electron chi connectivity index (χ2n) is 3.76. The van der Waals surface area contributed by atoms with E-state index in [1.54, 1.807) is 6.92 Å². The first kappa shape index (κ1) is 11.7. The summed E-state index contributed by atoms with van der Waals surface area (Å²) < 4.78 is 1.68. The van der Waals surface area contributed by atoms with Crippen LogP contribution in [-0.2, 0) is 6.54 Å². The Morgan fingerprint density at radius 2 is 2.06 bits per heavy atom. The molecule has 0 aromatic carbocycles. The van der Waals surface area contributed by atoms with Crippen LogP contribution in [0.2, 0.25) is 0 Å². The lowest BCUT2D eigenvalue weighted by atomic mass is 10.3. The van der Waals surface area contributed by atoms with Crippen molar-refractivity contribution >= 4 is 23.3 Å². The zero-order valence-electron chi connectivity index (χ0n) is 9.53. The highest BCUT2D eigenvalue weighted by Crippen LogP contribution is 2.06. The van der Waals surface area contributed by atoms with E-state index in [2.05, 4.69) is 15.0 Å². The fourth-order valence-corrected chi connectivity index (χ4v) is 2.07. The summed E-state index contributed by atoms with van der Waals surface area (Å²) in [6.45, 7) is 4.20. The van der Waals surface area contributed by atoms with Crippen LogP contribution in [0.25, 0.3) is 11.0 Å². The van der Waals surface area contributed by atoms with Gasteiger partial charge in [0.1, 0.15) is 21.5 Å². The van der Waals surface area contributed by atoms with Gasteiger partial charge in [-0.25, -0.2) is 9.78 Å². The van der Waals surface area contributed by atoms with E-state index in [-0.39, 0.29) is 10.0 Å². The van der Waals surface area contributed by atoms with E-state index in [9.17, 15) is 9.59 Å². The summed E-state index contributed by atoms with van der Waals surface area (Å²) in [7, 11) is 0. The predicted molar refractivity (Wildman–Crippen MR) is 66.8 cm³/mol. The molecule has 0 aliphatic carbocycles. The van der Waals surface area contributed by atoms with Crippen molar-refractivity contribution < 1.29 is 0 Å². The number of fused-ring (bicyclic) bond motifs is 1. The molecule has 2 aromatic heterocycles. The minimum absolute atomic E-state index is 0.211. The number of aryl methyl sites for hydroxylation is 2. The van der Waals surface area contributed by atoms with Gasteiger partial charge in [0, 0.05) is 6.54 Å². The van der Waals surface area contributed by atoms with Crippen molar-refractivity contribution in [1.29, 1.82) is 0 Å². The van der Waals surface area contributed by atoms with E-state index in [4.69, 9.17) is 12.2 Å². The van der Waals surface area contributed by atoms with Gasteiger partial charge in [-0.15, -0.1) is 0 Å². The highest BCUT2D eigenvalue weighted by Gasteiger charge is 2.09. The second-order valence-corrected chi connectivity index (χ2v) is 4.15. The summed E-state index contributed by atoms with van der Waals surface area (Å²) in [5, 5.41) is 0.263. The number of hydrogen-bond donors (Lipinski definition) is 2. The molecule has 2 N–H and O–H groups in total. The van der Waals surface area contributed by atoms with Crippen molar-refractivity contribution in [3.8, 4) is 0 Å². The molecule has 0 atom stereocenters. The Labute approximate surface area is 101 Å². The van der Waals surface area contributed by atoms with Gasteiger partial charge < -0.3 is 4.98 Å². The SMILES string of the molecule is CCCn1c(=O)[nH]c(=O)c2c(=S)nc(C)[nH]c21. The molecule has 90 valence electrons. The molecule has 0 aliphatic rings. The van der Waals surface area contributed by atoms with E-state index in [0.717, 1.165) is 6.42 Å². The lowest BCUT2D eigenvalue weighted by molar-refractivity contribution is 0.649. The Morgan fingerprint density at radius 1 is 1.35 bits per heavy atom. The molecule has 0 unspecified atom stereocenters. The summed E-state index contributed by atoms with van der Waals surface area (Å²) in [4.78, 5) is 32.6. The molecular weight excluding hydrogens is 240 g/mol. The van der Waals surface area contributed by atoms with Crippen LogP contribution in [0, 0.1) is 11.6 Å². The predicted octanol–water partition coefficient (Wildman–Crippen LogP) is 0.861. The summed E-state index contributed by atoms with van der Waals surface area (Å²) >= 11 is 5.05. The lowest BCUT2D eigenvalue weighted by Gasteiger charge is -2.08. The van der Waals surface area contributed by atoms with E-state index < -0.39 is 11.2 Å². The third-order valence-electron chi connectivity index (χ3n) is 2.43. The van der Waals surface area contributed by atoms with E-state index >= 15 is 0 Å². The first-order valence-electron chi connectivity index (χ1n) is 5.28. The molecule has 0 radical (unpaired) electrons. The van der Waals surface area contributed by atoms with Crippen molar-refractivity contribution in [2.75, 3.05) is 0 Å². The number of hydrogen-bond acceptors (Lipinski definition) is 4. The van der Waals surface area contributed by atoms with E-state index in [0.29, 0.717) is 18.0 Å². The largest absolute Gasteiger partial charge is 0.329 e. The third kappa shape index (κ3) is 1.93. The lowest BCUT2D eigenvalue weighted by Crippen LogP contribution is -2.31. The molecule has 0 fully saturated rings. The first-order valence-corrected chi connectivity index (χ1v) is 5.69. The minimum atomic E-state index is -0.494. The van der Waals surface area contributed by atoms with Crippen LogP contribution >= 0.6 is 12.2 Å². The average molecular weight is 252 g/mol. The molecular formula is C10H12N4O2S. The maximum atomic E-state index is 11.7. The van der Waals surface area contributed by atoms with E-state index in [1.165, 1.54) is 4.57 Å². The topological polar surface area (TPSA) is 83.5 Å². The molecule has 7 heteroatoms. The van der Waals surface area contributed by atoms with Crippen molar-refractivity contribution in [2.24, 2.45) is 0 Å². The van der Waals surface area contributed by atoms with Gasteiger partial charge in [0.15, 0.2) is 0 Å². The third-order valence-corrected chi connectivity index (χ3v) is 2.72. The molecule has 2 rings (SSSR count). The molecule has 0 saturated carbocycles. The normalized spacial score (nSPS) is 10.9. The fourth-order valence-electron chi connectivity index (χ4n) is 1.74. The number of nitrogens with one attached hydrogen (secondary N) is 2. The Morgan fingerprint density at radius 3 is 2.71 bits per heavy atom. The maximum absolute atomic E-state index is 11.7. The smallest absolute Gasteiger partial charge is 0.329 e. The number of nitrogens with zero attached hydrogens (tertiary/aromatic N) is 2.